The smallest absolute Gasteiger partial charge is 0.411 e. The number of anilines is 1. The van der Waals surface area contributed by atoms with Gasteiger partial charge in [-0.25, -0.2) is 9.78 Å². The second kappa shape index (κ2) is 8.83. The lowest BCUT2D eigenvalue weighted by atomic mass is 10.1. The number of hydrogen-bond acceptors (Lipinski definition) is 4. The minimum atomic E-state index is -0.426. The summed E-state index contributed by atoms with van der Waals surface area (Å²) in [6.45, 7) is 2.49. The van der Waals surface area contributed by atoms with Gasteiger partial charge in [0.15, 0.2) is 0 Å². The van der Waals surface area contributed by atoms with E-state index in [1.807, 2.05) is 53.9 Å². The van der Waals surface area contributed by atoms with Crippen LogP contribution in [0.5, 0.6) is 0 Å². The summed E-state index contributed by atoms with van der Waals surface area (Å²) in [5, 5.41) is 6.40. The Morgan fingerprint density at radius 1 is 1.12 bits per heavy atom. The molecule has 0 saturated carbocycles. The van der Waals surface area contributed by atoms with Crippen LogP contribution >= 0.6 is 22.9 Å². The minimum Gasteiger partial charge on any atom is -0.449 e. The molecular formula is C20H19ClN2O2S. The number of nitrogens with one attached hydrogen (secondary N) is 1. The molecule has 2 aromatic carbocycles. The van der Waals surface area contributed by atoms with Crippen molar-refractivity contribution in [2.45, 2.75) is 19.8 Å². The molecule has 0 fully saturated rings. The molecule has 134 valence electrons. The molecule has 3 rings (SSSR count). The second-order valence-electron chi connectivity index (χ2n) is 5.74. The van der Waals surface area contributed by atoms with Crippen LogP contribution in [-0.4, -0.2) is 17.7 Å². The first-order chi connectivity index (χ1) is 12.7. The predicted molar refractivity (Wildman–Crippen MR) is 108 cm³/mol. The fraction of sp³-hybridized carbons (Fsp3) is 0.200. The highest BCUT2D eigenvalue weighted by atomic mass is 35.5. The van der Waals surface area contributed by atoms with Gasteiger partial charge in [0, 0.05) is 27.2 Å². The first-order valence-corrected chi connectivity index (χ1v) is 9.67. The Balaban J connectivity index is 1.65. The molecule has 0 bridgehead atoms. The highest BCUT2D eigenvalue weighted by molar-refractivity contribution is 7.13. The standard InChI is InChI=1S/C20H19ClN2O2S/c1-2-3-12-25-20(24)22-17-10-6-14(7-11-17)18-13-26-19(23-18)15-4-8-16(21)9-5-15/h4-11,13H,2-3,12H2,1H3,(H,22,24). The zero-order valence-electron chi connectivity index (χ0n) is 14.4. The van der Waals surface area contributed by atoms with Crippen LogP contribution in [0.4, 0.5) is 10.5 Å². The van der Waals surface area contributed by atoms with Crippen LogP contribution in [0.3, 0.4) is 0 Å². The molecule has 0 saturated heterocycles. The van der Waals surface area contributed by atoms with Gasteiger partial charge in [-0.1, -0.05) is 49.2 Å². The van der Waals surface area contributed by atoms with Gasteiger partial charge in [0.25, 0.3) is 0 Å². The number of nitrogens with zero attached hydrogens (tertiary/aromatic N) is 1. The lowest BCUT2D eigenvalue weighted by Crippen LogP contribution is -2.14. The number of aromatic nitrogens is 1. The third-order valence-corrected chi connectivity index (χ3v) is 4.90. The third kappa shape index (κ3) is 4.84. The SMILES string of the molecule is CCCCOC(=O)Nc1ccc(-c2csc(-c3ccc(Cl)cc3)n2)cc1. The Kier molecular flexibility index (Phi) is 6.26. The first-order valence-electron chi connectivity index (χ1n) is 8.41. The fourth-order valence-corrected chi connectivity index (χ4v) is 3.28. The summed E-state index contributed by atoms with van der Waals surface area (Å²) < 4.78 is 5.09. The van der Waals surface area contributed by atoms with E-state index in [1.54, 1.807) is 11.3 Å². The maximum Gasteiger partial charge on any atom is 0.411 e. The van der Waals surface area contributed by atoms with E-state index < -0.39 is 6.09 Å². The number of ether oxygens (including phenoxy) is 1. The Morgan fingerprint density at radius 3 is 2.50 bits per heavy atom. The van der Waals surface area contributed by atoms with Crippen molar-refractivity contribution in [2.75, 3.05) is 11.9 Å². The Morgan fingerprint density at radius 2 is 1.81 bits per heavy atom. The molecule has 0 aliphatic rings. The van der Waals surface area contributed by atoms with Crippen LogP contribution in [0.1, 0.15) is 19.8 Å². The summed E-state index contributed by atoms with van der Waals surface area (Å²) in [5.41, 5.74) is 3.63. The summed E-state index contributed by atoms with van der Waals surface area (Å²) in [7, 11) is 0. The molecule has 1 aromatic heterocycles. The lowest BCUT2D eigenvalue weighted by Gasteiger charge is -2.07. The van der Waals surface area contributed by atoms with E-state index in [-0.39, 0.29) is 0 Å². The van der Waals surface area contributed by atoms with Gasteiger partial charge in [0.2, 0.25) is 0 Å². The zero-order chi connectivity index (χ0) is 18.4. The molecule has 0 unspecified atom stereocenters. The van der Waals surface area contributed by atoms with Gasteiger partial charge in [-0.2, -0.15) is 0 Å². The van der Waals surface area contributed by atoms with E-state index in [4.69, 9.17) is 16.3 Å². The fourth-order valence-electron chi connectivity index (χ4n) is 2.32. The summed E-state index contributed by atoms with van der Waals surface area (Å²) in [6, 6.07) is 15.2. The predicted octanol–water partition coefficient (Wildman–Crippen LogP) is 6.48. The van der Waals surface area contributed by atoms with Gasteiger partial charge in [-0.05, 0) is 30.7 Å². The quantitative estimate of drug-likeness (QED) is 0.493. The molecule has 4 nitrogen and oxygen atoms in total. The van der Waals surface area contributed by atoms with Crippen LogP contribution in [0.15, 0.2) is 53.9 Å². The maximum atomic E-state index is 11.7. The van der Waals surface area contributed by atoms with Gasteiger partial charge in [-0.15, -0.1) is 11.3 Å². The molecule has 0 aliphatic carbocycles. The second-order valence-corrected chi connectivity index (χ2v) is 7.03. The number of hydrogen-bond donors (Lipinski definition) is 1. The molecule has 1 amide bonds. The van der Waals surface area contributed by atoms with Crippen molar-refractivity contribution in [3.63, 3.8) is 0 Å². The van der Waals surface area contributed by atoms with E-state index in [0.717, 1.165) is 34.7 Å². The molecular weight excluding hydrogens is 368 g/mol. The van der Waals surface area contributed by atoms with Crippen molar-refractivity contribution >= 4 is 34.7 Å². The average Bonchev–Trinajstić information content (AvgIpc) is 3.13. The van der Waals surface area contributed by atoms with Crippen molar-refractivity contribution in [2.24, 2.45) is 0 Å². The molecule has 1 heterocycles. The highest BCUT2D eigenvalue weighted by Crippen LogP contribution is 2.30. The average molecular weight is 387 g/mol. The lowest BCUT2D eigenvalue weighted by molar-refractivity contribution is 0.160. The maximum absolute atomic E-state index is 11.7. The molecule has 1 N–H and O–H groups in total. The summed E-state index contributed by atoms with van der Waals surface area (Å²) in [4.78, 5) is 16.4. The summed E-state index contributed by atoms with van der Waals surface area (Å²) in [6.07, 6.45) is 1.43. The van der Waals surface area contributed by atoms with Crippen molar-refractivity contribution in [1.29, 1.82) is 0 Å². The van der Waals surface area contributed by atoms with Crippen LogP contribution in [0.2, 0.25) is 5.02 Å². The van der Waals surface area contributed by atoms with Gasteiger partial charge < -0.3 is 4.74 Å². The summed E-state index contributed by atoms with van der Waals surface area (Å²) >= 11 is 7.52. The largest absolute Gasteiger partial charge is 0.449 e. The molecule has 0 radical (unpaired) electrons. The number of amides is 1. The summed E-state index contributed by atoms with van der Waals surface area (Å²) in [5.74, 6) is 0. The topological polar surface area (TPSA) is 51.2 Å². The van der Waals surface area contributed by atoms with Crippen LogP contribution in [-0.2, 0) is 4.74 Å². The molecule has 3 aromatic rings. The number of benzene rings is 2. The van der Waals surface area contributed by atoms with Crippen LogP contribution in [0.25, 0.3) is 21.8 Å². The van der Waals surface area contributed by atoms with Crippen LogP contribution < -0.4 is 5.32 Å². The van der Waals surface area contributed by atoms with Crippen LogP contribution in [0, 0.1) is 0 Å². The van der Waals surface area contributed by atoms with Gasteiger partial charge in [0.1, 0.15) is 5.01 Å². The Labute approximate surface area is 161 Å². The molecule has 0 aliphatic heterocycles. The Bertz CT molecular complexity index is 860. The number of rotatable bonds is 6. The van der Waals surface area contributed by atoms with E-state index in [0.29, 0.717) is 17.3 Å². The first kappa shape index (κ1) is 18.4. The number of thiazole rings is 1. The normalized spacial score (nSPS) is 10.5. The number of unbranched alkanes of at least 4 members (excludes halogenated alkanes) is 1. The zero-order valence-corrected chi connectivity index (χ0v) is 15.9. The molecule has 0 spiro atoms. The van der Waals surface area contributed by atoms with Crippen molar-refractivity contribution in [3.05, 3.63) is 58.9 Å². The van der Waals surface area contributed by atoms with E-state index in [1.165, 1.54) is 0 Å². The highest BCUT2D eigenvalue weighted by Gasteiger charge is 2.08. The number of halogens is 1. The van der Waals surface area contributed by atoms with Crippen molar-refractivity contribution < 1.29 is 9.53 Å². The third-order valence-electron chi connectivity index (χ3n) is 3.75. The minimum absolute atomic E-state index is 0.426. The van der Waals surface area contributed by atoms with Crippen molar-refractivity contribution in [1.82, 2.24) is 4.98 Å². The van der Waals surface area contributed by atoms with E-state index in [9.17, 15) is 4.79 Å². The van der Waals surface area contributed by atoms with Crippen molar-refractivity contribution in [3.8, 4) is 21.8 Å². The van der Waals surface area contributed by atoms with Gasteiger partial charge in [-0.3, -0.25) is 5.32 Å². The van der Waals surface area contributed by atoms with E-state index in [2.05, 4.69) is 17.2 Å². The number of carbonyl (C=O) groups is 1. The molecule has 26 heavy (non-hydrogen) atoms. The van der Waals surface area contributed by atoms with Gasteiger partial charge in [0.05, 0.1) is 12.3 Å². The molecule has 0 atom stereocenters. The van der Waals surface area contributed by atoms with E-state index >= 15 is 0 Å². The van der Waals surface area contributed by atoms with Gasteiger partial charge >= 0.3 is 6.09 Å². The Hall–Kier alpha value is -2.37. The number of carbonyl (C=O) groups excluding carboxylic acids is 1. The molecule has 6 heteroatoms. The monoisotopic (exact) mass is 386 g/mol.